The van der Waals surface area contributed by atoms with Crippen LogP contribution >= 0.6 is 11.6 Å². The molecule has 1 aliphatic rings. The zero-order valence-electron chi connectivity index (χ0n) is 9.72. The first-order valence-corrected chi connectivity index (χ1v) is 7.55. The zero-order chi connectivity index (χ0) is 12.6. The van der Waals surface area contributed by atoms with Crippen LogP contribution in [0.15, 0.2) is 6.07 Å². The predicted octanol–water partition coefficient (Wildman–Crippen LogP) is 1.06. The standard InChI is InChI=1S/C10H14ClN3O2S/c1-7-5-9(13-10(11)12-7)14-3-4-17(15,16)6-8(14)2/h5,8H,3-4,6H2,1-2H3. The van der Waals surface area contributed by atoms with Gasteiger partial charge in [0.2, 0.25) is 5.28 Å². The van der Waals surface area contributed by atoms with E-state index in [4.69, 9.17) is 11.6 Å². The van der Waals surface area contributed by atoms with Crippen molar-refractivity contribution in [2.24, 2.45) is 0 Å². The second-order valence-electron chi connectivity index (χ2n) is 4.29. The van der Waals surface area contributed by atoms with Crippen LogP contribution in [0.2, 0.25) is 5.28 Å². The van der Waals surface area contributed by atoms with Crippen molar-refractivity contribution in [3.05, 3.63) is 17.0 Å². The minimum Gasteiger partial charge on any atom is -0.352 e. The van der Waals surface area contributed by atoms with E-state index < -0.39 is 9.84 Å². The van der Waals surface area contributed by atoms with E-state index in [0.717, 1.165) is 5.69 Å². The van der Waals surface area contributed by atoms with Crippen LogP contribution in [0.1, 0.15) is 12.6 Å². The van der Waals surface area contributed by atoms with Gasteiger partial charge in [-0.3, -0.25) is 0 Å². The lowest BCUT2D eigenvalue weighted by Crippen LogP contribution is -2.47. The first-order valence-electron chi connectivity index (χ1n) is 5.36. The fourth-order valence-electron chi connectivity index (χ4n) is 2.00. The molecular weight excluding hydrogens is 262 g/mol. The van der Waals surface area contributed by atoms with Gasteiger partial charge in [0.15, 0.2) is 9.84 Å². The Bertz CT molecular complexity index is 512. The summed E-state index contributed by atoms with van der Waals surface area (Å²) < 4.78 is 23.0. The molecule has 1 saturated heterocycles. The highest BCUT2D eigenvalue weighted by atomic mass is 35.5. The summed E-state index contributed by atoms with van der Waals surface area (Å²) in [4.78, 5) is 10.1. The summed E-state index contributed by atoms with van der Waals surface area (Å²) in [5, 5.41) is 0.195. The Balaban J connectivity index is 2.29. The van der Waals surface area contributed by atoms with E-state index in [1.807, 2.05) is 24.8 Å². The molecule has 2 heterocycles. The Morgan fingerprint density at radius 2 is 2.18 bits per heavy atom. The third-order valence-electron chi connectivity index (χ3n) is 2.78. The van der Waals surface area contributed by atoms with Gasteiger partial charge in [0.05, 0.1) is 11.5 Å². The van der Waals surface area contributed by atoms with E-state index in [0.29, 0.717) is 12.4 Å². The van der Waals surface area contributed by atoms with Crippen molar-refractivity contribution in [3.8, 4) is 0 Å². The van der Waals surface area contributed by atoms with Crippen molar-refractivity contribution in [3.63, 3.8) is 0 Å². The maximum Gasteiger partial charge on any atom is 0.224 e. The molecule has 1 unspecified atom stereocenters. The number of sulfone groups is 1. The molecule has 0 radical (unpaired) electrons. The van der Waals surface area contributed by atoms with E-state index in [1.54, 1.807) is 0 Å². The van der Waals surface area contributed by atoms with Crippen LogP contribution < -0.4 is 4.90 Å². The fourth-order valence-corrected chi connectivity index (χ4v) is 3.78. The van der Waals surface area contributed by atoms with Crippen molar-refractivity contribution in [1.82, 2.24) is 9.97 Å². The van der Waals surface area contributed by atoms with Gasteiger partial charge in [-0.25, -0.2) is 18.4 Å². The largest absolute Gasteiger partial charge is 0.352 e. The van der Waals surface area contributed by atoms with E-state index in [2.05, 4.69) is 9.97 Å². The Labute approximate surface area is 106 Å². The van der Waals surface area contributed by atoms with Gasteiger partial charge in [-0.1, -0.05) is 0 Å². The lowest BCUT2D eigenvalue weighted by Gasteiger charge is -2.34. The van der Waals surface area contributed by atoms with Crippen LogP contribution in [-0.2, 0) is 9.84 Å². The monoisotopic (exact) mass is 275 g/mol. The van der Waals surface area contributed by atoms with Crippen molar-refractivity contribution in [1.29, 1.82) is 0 Å². The molecular formula is C10H14ClN3O2S. The Morgan fingerprint density at radius 1 is 1.47 bits per heavy atom. The highest BCUT2D eigenvalue weighted by Gasteiger charge is 2.29. The van der Waals surface area contributed by atoms with Crippen LogP contribution in [0.5, 0.6) is 0 Å². The second kappa shape index (κ2) is 4.42. The molecule has 0 bridgehead atoms. The zero-order valence-corrected chi connectivity index (χ0v) is 11.3. The number of hydrogen-bond donors (Lipinski definition) is 0. The highest BCUT2D eigenvalue weighted by molar-refractivity contribution is 7.91. The molecule has 17 heavy (non-hydrogen) atoms. The summed E-state index contributed by atoms with van der Waals surface area (Å²) in [6.07, 6.45) is 0. The van der Waals surface area contributed by atoms with Crippen LogP contribution in [0.4, 0.5) is 5.82 Å². The SMILES string of the molecule is Cc1cc(N2CCS(=O)(=O)CC2C)nc(Cl)n1. The summed E-state index contributed by atoms with van der Waals surface area (Å²) in [7, 11) is -2.91. The van der Waals surface area contributed by atoms with Gasteiger partial charge in [-0.05, 0) is 25.4 Å². The number of halogens is 1. The molecule has 2 rings (SSSR count). The number of hydrogen-bond acceptors (Lipinski definition) is 5. The fraction of sp³-hybridized carbons (Fsp3) is 0.600. The molecule has 1 fully saturated rings. The van der Waals surface area contributed by atoms with Crippen LogP contribution in [0.3, 0.4) is 0 Å². The molecule has 7 heteroatoms. The van der Waals surface area contributed by atoms with Crippen molar-refractivity contribution < 1.29 is 8.42 Å². The van der Waals surface area contributed by atoms with Crippen molar-refractivity contribution >= 4 is 27.3 Å². The Morgan fingerprint density at radius 3 is 2.76 bits per heavy atom. The number of nitrogens with zero attached hydrogens (tertiary/aromatic N) is 3. The maximum absolute atomic E-state index is 11.5. The van der Waals surface area contributed by atoms with Gasteiger partial charge in [0, 0.05) is 24.3 Å². The lowest BCUT2D eigenvalue weighted by molar-refractivity contribution is 0.566. The quantitative estimate of drug-likeness (QED) is 0.717. The minimum atomic E-state index is -2.91. The summed E-state index contributed by atoms with van der Waals surface area (Å²) in [6.45, 7) is 4.17. The molecule has 0 saturated carbocycles. The summed E-state index contributed by atoms with van der Waals surface area (Å²) in [6, 6.07) is 1.74. The first-order chi connectivity index (χ1) is 7.87. The van der Waals surface area contributed by atoms with Gasteiger partial charge < -0.3 is 4.90 Å². The van der Waals surface area contributed by atoms with Crippen molar-refractivity contribution in [2.75, 3.05) is 23.0 Å². The van der Waals surface area contributed by atoms with Crippen LogP contribution in [0, 0.1) is 6.92 Å². The summed E-state index contributed by atoms with van der Waals surface area (Å²) in [5.41, 5.74) is 0.778. The van der Waals surface area contributed by atoms with Gasteiger partial charge in [-0.2, -0.15) is 0 Å². The van der Waals surface area contributed by atoms with Gasteiger partial charge in [-0.15, -0.1) is 0 Å². The predicted molar refractivity (Wildman–Crippen MR) is 67.2 cm³/mol. The number of rotatable bonds is 1. The van der Waals surface area contributed by atoms with Gasteiger partial charge in [0.25, 0.3) is 0 Å². The van der Waals surface area contributed by atoms with E-state index in [9.17, 15) is 8.42 Å². The smallest absolute Gasteiger partial charge is 0.224 e. The van der Waals surface area contributed by atoms with Gasteiger partial charge in [0.1, 0.15) is 5.82 Å². The van der Waals surface area contributed by atoms with Crippen LogP contribution in [0.25, 0.3) is 0 Å². The highest BCUT2D eigenvalue weighted by Crippen LogP contribution is 2.21. The molecule has 0 N–H and O–H groups in total. The van der Waals surface area contributed by atoms with E-state index in [1.165, 1.54) is 0 Å². The Kier molecular flexibility index (Phi) is 3.27. The van der Waals surface area contributed by atoms with Gasteiger partial charge >= 0.3 is 0 Å². The van der Waals surface area contributed by atoms with Crippen molar-refractivity contribution in [2.45, 2.75) is 19.9 Å². The maximum atomic E-state index is 11.5. The topological polar surface area (TPSA) is 63.2 Å². The molecule has 1 atom stereocenters. The molecule has 1 aliphatic heterocycles. The molecule has 0 aliphatic carbocycles. The number of aromatic nitrogens is 2. The second-order valence-corrected chi connectivity index (χ2v) is 6.86. The first kappa shape index (κ1) is 12.6. The molecule has 94 valence electrons. The molecule has 5 nitrogen and oxygen atoms in total. The third kappa shape index (κ3) is 2.87. The number of aryl methyl sites for hydroxylation is 1. The molecule has 0 aromatic carbocycles. The molecule has 0 amide bonds. The van der Waals surface area contributed by atoms with Crippen LogP contribution in [-0.4, -0.2) is 42.5 Å². The van der Waals surface area contributed by atoms with E-state index >= 15 is 0 Å². The molecule has 0 spiro atoms. The minimum absolute atomic E-state index is 0.0842. The normalized spacial score (nSPS) is 23.7. The average molecular weight is 276 g/mol. The summed E-state index contributed by atoms with van der Waals surface area (Å²) in [5.74, 6) is 1.02. The molecule has 1 aromatic heterocycles. The van der Waals surface area contributed by atoms with E-state index in [-0.39, 0.29) is 22.8 Å². The average Bonchev–Trinajstić information content (AvgIpc) is 2.13. The lowest BCUT2D eigenvalue weighted by atomic mass is 10.3. The number of anilines is 1. The summed E-state index contributed by atoms with van der Waals surface area (Å²) >= 11 is 5.81. The third-order valence-corrected chi connectivity index (χ3v) is 4.74. The Hall–Kier alpha value is -0.880. The molecule has 1 aromatic rings.